The van der Waals surface area contributed by atoms with Gasteiger partial charge in [-0.15, -0.1) is 0 Å². The van der Waals surface area contributed by atoms with Gasteiger partial charge < -0.3 is 10.0 Å². The maximum absolute atomic E-state index is 11.8. The number of carbonyl (C=O) groups is 1. The molecule has 0 radical (unpaired) electrons. The predicted molar refractivity (Wildman–Crippen MR) is 64.7 cm³/mol. The molecule has 1 N–H and O–H groups in total. The minimum absolute atomic E-state index is 0.134. The number of benzene rings is 1. The zero-order chi connectivity index (χ0) is 12.0. The van der Waals surface area contributed by atoms with E-state index in [2.05, 4.69) is 0 Å². The van der Waals surface area contributed by atoms with E-state index in [1.54, 1.807) is 0 Å². The van der Waals surface area contributed by atoms with Gasteiger partial charge in [0, 0.05) is 25.1 Å². The van der Waals surface area contributed by atoms with Gasteiger partial charge in [-0.05, 0) is 14.0 Å². The Morgan fingerprint density at radius 2 is 1.88 bits per heavy atom. The lowest BCUT2D eigenvalue weighted by molar-refractivity contribution is 0.0964. The molecule has 0 saturated carbocycles. The van der Waals surface area contributed by atoms with Crippen molar-refractivity contribution in [2.45, 2.75) is 13.3 Å². The van der Waals surface area contributed by atoms with Crippen LogP contribution in [0.1, 0.15) is 22.3 Å². The second-order valence-corrected chi connectivity index (χ2v) is 4.07. The SMILES string of the molecule is Cc1ccc(C(=O)CCN(C)CCO)cc1. The van der Waals surface area contributed by atoms with Gasteiger partial charge in [0.15, 0.2) is 5.78 Å². The molecule has 0 heterocycles. The third-order valence-corrected chi connectivity index (χ3v) is 2.58. The van der Waals surface area contributed by atoms with Crippen molar-refractivity contribution in [2.24, 2.45) is 0 Å². The number of Topliss-reactive ketones (excluding diaryl/α,β-unsaturated/α-hetero) is 1. The number of aliphatic hydroxyl groups excluding tert-OH is 1. The number of aliphatic hydroxyl groups is 1. The molecule has 88 valence electrons. The molecule has 0 fully saturated rings. The Kier molecular flexibility index (Phi) is 5.15. The summed E-state index contributed by atoms with van der Waals surface area (Å²) in [7, 11) is 1.90. The van der Waals surface area contributed by atoms with Gasteiger partial charge in [0.1, 0.15) is 0 Å². The van der Waals surface area contributed by atoms with E-state index in [4.69, 9.17) is 5.11 Å². The highest BCUT2D eigenvalue weighted by Gasteiger charge is 2.06. The van der Waals surface area contributed by atoms with Crippen molar-refractivity contribution in [3.05, 3.63) is 35.4 Å². The van der Waals surface area contributed by atoms with Gasteiger partial charge in [-0.3, -0.25) is 4.79 Å². The van der Waals surface area contributed by atoms with Gasteiger partial charge in [0.25, 0.3) is 0 Å². The van der Waals surface area contributed by atoms with Crippen molar-refractivity contribution in [3.8, 4) is 0 Å². The smallest absolute Gasteiger partial charge is 0.164 e. The predicted octanol–water partition coefficient (Wildman–Crippen LogP) is 1.49. The van der Waals surface area contributed by atoms with E-state index in [-0.39, 0.29) is 12.4 Å². The van der Waals surface area contributed by atoms with E-state index in [1.165, 1.54) is 0 Å². The Morgan fingerprint density at radius 1 is 1.25 bits per heavy atom. The topological polar surface area (TPSA) is 40.5 Å². The standard InChI is InChI=1S/C13H19NO2/c1-11-3-5-12(6-4-11)13(16)7-8-14(2)9-10-15/h3-6,15H,7-10H2,1-2H3. The fraction of sp³-hybridized carbons (Fsp3) is 0.462. The molecule has 0 aliphatic heterocycles. The van der Waals surface area contributed by atoms with Gasteiger partial charge >= 0.3 is 0 Å². The lowest BCUT2D eigenvalue weighted by Gasteiger charge is -2.13. The molecule has 0 bridgehead atoms. The summed E-state index contributed by atoms with van der Waals surface area (Å²) in [5.74, 6) is 0.157. The van der Waals surface area contributed by atoms with E-state index >= 15 is 0 Å². The number of ketones is 1. The first-order valence-corrected chi connectivity index (χ1v) is 5.52. The van der Waals surface area contributed by atoms with Gasteiger partial charge in [0.05, 0.1) is 6.61 Å². The number of aryl methyl sites for hydroxylation is 1. The molecule has 0 unspecified atom stereocenters. The second-order valence-electron chi connectivity index (χ2n) is 4.07. The first kappa shape index (κ1) is 12.9. The Balaban J connectivity index is 2.43. The second kappa shape index (κ2) is 6.40. The van der Waals surface area contributed by atoms with Crippen molar-refractivity contribution in [2.75, 3.05) is 26.7 Å². The minimum atomic E-state index is 0.134. The molecule has 0 spiro atoms. The van der Waals surface area contributed by atoms with E-state index < -0.39 is 0 Å². The van der Waals surface area contributed by atoms with Crippen LogP contribution in [0.15, 0.2) is 24.3 Å². The van der Waals surface area contributed by atoms with Gasteiger partial charge in [-0.1, -0.05) is 29.8 Å². The van der Waals surface area contributed by atoms with Crippen LogP contribution >= 0.6 is 0 Å². The zero-order valence-electron chi connectivity index (χ0n) is 9.94. The molecule has 16 heavy (non-hydrogen) atoms. The summed E-state index contributed by atoms with van der Waals surface area (Å²) in [5.41, 5.74) is 1.93. The molecule has 0 amide bonds. The fourth-order valence-corrected chi connectivity index (χ4v) is 1.46. The number of likely N-dealkylation sites (N-methyl/N-ethyl adjacent to an activating group) is 1. The zero-order valence-corrected chi connectivity index (χ0v) is 9.94. The highest BCUT2D eigenvalue weighted by Crippen LogP contribution is 2.06. The van der Waals surface area contributed by atoms with Crippen molar-refractivity contribution in [3.63, 3.8) is 0 Å². The molecule has 0 aromatic heterocycles. The van der Waals surface area contributed by atoms with Crippen LogP contribution in [0, 0.1) is 6.92 Å². The lowest BCUT2D eigenvalue weighted by atomic mass is 10.1. The Bertz CT molecular complexity index is 332. The van der Waals surface area contributed by atoms with E-state index in [9.17, 15) is 4.79 Å². The third-order valence-electron chi connectivity index (χ3n) is 2.58. The van der Waals surface area contributed by atoms with Crippen LogP contribution in [0.4, 0.5) is 0 Å². The summed E-state index contributed by atoms with van der Waals surface area (Å²) in [6, 6.07) is 7.63. The average molecular weight is 221 g/mol. The van der Waals surface area contributed by atoms with Crippen molar-refractivity contribution >= 4 is 5.78 Å². The first-order chi connectivity index (χ1) is 7.63. The van der Waals surface area contributed by atoms with Crippen LogP contribution < -0.4 is 0 Å². The number of rotatable bonds is 6. The molecule has 1 aromatic carbocycles. The summed E-state index contributed by atoms with van der Waals surface area (Å²) in [4.78, 5) is 13.7. The summed E-state index contributed by atoms with van der Waals surface area (Å²) in [5, 5.41) is 8.72. The fourth-order valence-electron chi connectivity index (χ4n) is 1.46. The first-order valence-electron chi connectivity index (χ1n) is 5.52. The number of hydrogen-bond acceptors (Lipinski definition) is 3. The Hall–Kier alpha value is -1.19. The van der Waals surface area contributed by atoms with Gasteiger partial charge in [0.2, 0.25) is 0 Å². The number of nitrogens with zero attached hydrogens (tertiary/aromatic N) is 1. The van der Waals surface area contributed by atoms with Crippen LogP contribution in [-0.4, -0.2) is 42.5 Å². The number of carbonyl (C=O) groups excluding carboxylic acids is 1. The summed E-state index contributed by atoms with van der Waals surface area (Å²) >= 11 is 0. The lowest BCUT2D eigenvalue weighted by Crippen LogP contribution is -2.24. The van der Waals surface area contributed by atoms with Crippen LogP contribution in [0.25, 0.3) is 0 Å². The monoisotopic (exact) mass is 221 g/mol. The highest BCUT2D eigenvalue weighted by molar-refractivity contribution is 5.96. The Labute approximate surface area is 96.7 Å². The molecular weight excluding hydrogens is 202 g/mol. The molecule has 1 aromatic rings. The molecule has 0 saturated heterocycles. The quantitative estimate of drug-likeness (QED) is 0.740. The van der Waals surface area contributed by atoms with E-state index in [0.717, 1.165) is 11.1 Å². The van der Waals surface area contributed by atoms with E-state index in [1.807, 2.05) is 43.1 Å². The van der Waals surface area contributed by atoms with Crippen LogP contribution in [0.2, 0.25) is 0 Å². The molecule has 0 atom stereocenters. The van der Waals surface area contributed by atoms with Crippen LogP contribution in [0.3, 0.4) is 0 Å². The van der Waals surface area contributed by atoms with E-state index in [0.29, 0.717) is 19.5 Å². The Morgan fingerprint density at radius 3 is 2.44 bits per heavy atom. The molecule has 3 heteroatoms. The largest absolute Gasteiger partial charge is 0.395 e. The van der Waals surface area contributed by atoms with Crippen molar-refractivity contribution in [1.29, 1.82) is 0 Å². The molecule has 1 rings (SSSR count). The number of hydrogen-bond donors (Lipinski definition) is 1. The van der Waals surface area contributed by atoms with Crippen molar-refractivity contribution < 1.29 is 9.90 Å². The third kappa shape index (κ3) is 4.13. The van der Waals surface area contributed by atoms with Crippen LogP contribution in [0.5, 0.6) is 0 Å². The average Bonchev–Trinajstić information content (AvgIpc) is 2.27. The summed E-state index contributed by atoms with van der Waals surface area (Å²) < 4.78 is 0. The molecule has 0 aliphatic carbocycles. The molecular formula is C13H19NO2. The summed E-state index contributed by atoms with van der Waals surface area (Å²) in [6.07, 6.45) is 0.500. The maximum Gasteiger partial charge on any atom is 0.164 e. The van der Waals surface area contributed by atoms with Crippen molar-refractivity contribution in [1.82, 2.24) is 4.90 Å². The van der Waals surface area contributed by atoms with Crippen LogP contribution in [-0.2, 0) is 0 Å². The summed E-state index contributed by atoms with van der Waals surface area (Å²) in [6.45, 7) is 3.44. The maximum atomic E-state index is 11.8. The van der Waals surface area contributed by atoms with Gasteiger partial charge in [-0.2, -0.15) is 0 Å². The normalized spacial score (nSPS) is 10.8. The molecule has 0 aliphatic rings. The molecule has 3 nitrogen and oxygen atoms in total. The highest BCUT2D eigenvalue weighted by atomic mass is 16.3. The minimum Gasteiger partial charge on any atom is -0.395 e. The van der Waals surface area contributed by atoms with Gasteiger partial charge in [-0.25, -0.2) is 0 Å².